The Morgan fingerprint density at radius 3 is 1.21 bits per heavy atom. The predicted molar refractivity (Wildman–Crippen MR) is 196 cm³/mol. The second kappa shape index (κ2) is 17.1. The van der Waals surface area contributed by atoms with E-state index in [4.69, 9.17) is 4.74 Å². The molecule has 0 heterocycles. The van der Waals surface area contributed by atoms with Gasteiger partial charge in [0.05, 0.1) is 18.2 Å². The smallest absolute Gasteiger partial charge is 0.183 e. The quantitative estimate of drug-likeness (QED) is 0.132. The lowest BCUT2D eigenvalue weighted by molar-refractivity contribution is 0.0661. The first-order chi connectivity index (χ1) is 22.4. The van der Waals surface area contributed by atoms with Crippen molar-refractivity contribution in [2.45, 2.75) is 50.6 Å². The Morgan fingerprint density at radius 1 is 0.553 bits per heavy atom. The zero-order valence-corrected chi connectivity index (χ0v) is 29.8. The van der Waals surface area contributed by atoms with Crippen LogP contribution in [0.4, 0.5) is 5.69 Å². The molecule has 0 aromatic heterocycles. The molecule has 0 bridgehead atoms. The first kappa shape index (κ1) is 37.2. The Bertz CT molecular complexity index is 1530. The molecule has 0 N–H and O–H groups in total. The highest BCUT2D eigenvalue weighted by Gasteiger charge is 2.40. The third-order valence-corrected chi connectivity index (χ3v) is 9.40. The van der Waals surface area contributed by atoms with E-state index in [9.17, 15) is 9.59 Å². The minimum absolute atomic E-state index is 0.168. The Balaban J connectivity index is 0.000000256. The van der Waals surface area contributed by atoms with E-state index >= 15 is 0 Å². The van der Waals surface area contributed by atoms with Crippen molar-refractivity contribution in [1.29, 1.82) is 0 Å². The van der Waals surface area contributed by atoms with E-state index in [0.717, 1.165) is 35.3 Å². The van der Waals surface area contributed by atoms with Crippen molar-refractivity contribution in [2.75, 3.05) is 54.3 Å². The first-order valence-corrected chi connectivity index (χ1v) is 16.4. The normalized spacial score (nSPS) is 13.6. The summed E-state index contributed by atoms with van der Waals surface area (Å²) in [6.07, 6.45) is 2.90. The van der Waals surface area contributed by atoms with Gasteiger partial charge in [0.25, 0.3) is 0 Å². The molecule has 4 aromatic carbocycles. The molecular weight excluding hydrogens is 582 g/mol. The van der Waals surface area contributed by atoms with Crippen LogP contribution in [0.25, 0.3) is 0 Å². The van der Waals surface area contributed by atoms with Crippen molar-refractivity contribution < 1.29 is 14.3 Å². The minimum Gasteiger partial charge on any atom is -0.497 e. The molecule has 4 aromatic rings. The number of nitrogens with zero attached hydrogens (tertiary/aromatic N) is 3. The van der Waals surface area contributed by atoms with Gasteiger partial charge in [-0.15, -0.1) is 0 Å². The topological polar surface area (TPSA) is 53.1 Å². The van der Waals surface area contributed by atoms with E-state index in [1.54, 1.807) is 7.11 Å². The highest BCUT2D eigenvalue weighted by molar-refractivity contribution is 6.04. The van der Waals surface area contributed by atoms with Gasteiger partial charge in [0.1, 0.15) is 5.75 Å². The summed E-state index contributed by atoms with van der Waals surface area (Å²) in [4.78, 5) is 32.7. The van der Waals surface area contributed by atoms with Gasteiger partial charge < -0.3 is 9.64 Å². The van der Waals surface area contributed by atoms with Crippen molar-refractivity contribution >= 4 is 17.3 Å². The number of Topliss-reactive ketones (excluding diaryl/α,β-unsaturated/α-hetero) is 2. The molecule has 6 nitrogen and oxygen atoms in total. The summed E-state index contributed by atoms with van der Waals surface area (Å²) in [7, 11) is 13.7. The van der Waals surface area contributed by atoms with Gasteiger partial charge in [0, 0.05) is 30.9 Å². The van der Waals surface area contributed by atoms with Crippen molar-refractivity contribution in [3.05, 3.63) is 131 Å². The number of rotatable bonds is 14. The highest BCUT2D eigenvalue weighted by atomic mass is 16.5. The third-order valence-electron chi connectivity index (χ3n) is 9.40. The number of ether oxygens (including phenoxy) is 1. The van der Waals surface area contributed by atoms with Crippen molar-refractivity contribution in [2.24, 2.45) is 0 Å². The molecule has 47 heavy (non-hydrogen) atoms. The van der Waals surface area contributed by atoms with Crippen LogP contribution in [0.5, 0.6) is 5.75 Å². The molecule has 0 aliphatic heterocycles. The Kier molecular flexibility index (Phi) is 13.5. The number of hydrogen-bond acceptors (Lipinski definition) is 6. The highest BCUT2D eigenvalue weighted by Crippen LogP contribution is 2.30. The van der Waals surface area contributed by atoms with Crippen molar-refractivity contribution in [1.82, 2.24) is 9.80 Å². The molecule has 250 valence electrons. The number of anilines is 1. The third kappa shape index (κ3) is 8.97. The monoisotopic (exact) mass is 635 g/mol. The molecule has 0 fully saturated rings. The second-order valence-corrected chi connectivity index (χ2v) is 12.7. The summed E-state index contributed by atoms with van der Waals surface area (Å²) in [5.74, 6) is 1.18. The van der Waals surface area contributed by atoms with Gasteiger partial charge in [-0.3, -0.25) is 19.4 Å². The van der Waals surface area contributed by atoms with Crippen LogP contribution in [0, 0.1) is 0 Å². The lowest BCUT2D eigenvalue weighted by Gasteiger charge is -2.38. The number of carbonyl (C=O) groups is 2. The summed E-state index contributed by atoms with van der Waals surface area (Å²) >= 11 is 0. The molecular formula is C41H53N3O3. The van der Waals surface area contributed by atoms with Crippen LogP contribution in [-0.2, 0) is 12.8 Å². The lowest BCUT2D eigenvalue weighted by Crippen LogP contribution is -2.52. The molecule has 0 saturated carbocycles. The number of ketones is 2. The summed E-state index contributed by atoms with van der Waals surface area (Å²) in [6, 6.07) is 35.6. The summed E-state index contributed by atoms with van der Waals surface area (Å²) in [5.41, 5.74) is 3.94. The van der Waals surface area contributed by atoms with Gasteiger partial charge in [-0.2, -0.15) is 0 Å². The predicted octanol–water partition coefficient (Wildman–Crippen LogP) is 7.72. The largest absolute Gasteiger partial charge is 0.497 e. The number of benzene rings is 4. The maximum Gasteiger partial charge on any atom is 0.183 e. The lowest BCUT2D eigenvalue weighted by atomic mass is 9.80. The van der Waals surface area contributed by atoms with Gasteiger partial charge in [0.15, 0.2) is 11.6 Å². The molecule has 2 atom stereocenters. The molecule has 4 rings (SSSR count). The first-order valence-electron chi connectivity index (χ1n) is 16.4. The zero-order chi connectivity index (χ0) is 34.6. The van der Waals surface area contributed by atoms with Crippen LogP contribution in [0.2, 0.25) is 0 Å². The van der Waals surface area contributed by atoms with Crippen LogP contribution >= 0.6 is 0 Å². The Labute approximate surface area is 283 Å². The molecule has 0 radical (unpaired) electrons. The maximum atomic E-state index is 13.3. The van der Waals surface area contributed by atoms with E-state index in [1.165, 1.54) is 11.3 Å². The van der Waals surface area contributed by atoms with Gasteiger partial charge in [-0.1, -0.05) is 98.8 Å². The maximum absolute atomic E-state index is 13.3. The number of likely N-dealkylation sites (N-methyl/N-ethyl adjacent to an activating group) is 2. The molecule has 0 amide bonds. The van der Waals surface area contributed by atoms with Gasteiger partial charge >= 0.3 is 0 Å². The van der Waals surface area contributed by atoms with Crippen LogP contribution < -0.4 is 9.64 Å². The SMILES string of the molecule is CCC(Cc1ccc(N(C)C)cc1)(C(=O)c1ccccc1)N(C)C.CCC(Cc1ccc(OC)cc1)(C(=O)c1ccccc1)N(C)C. The minimum atomic E-state index is -0.546. The summed E-state index contributed by atoms with van der Waals surface area (Å²) in [6.45, 7) is 4.17. The van der Waals surface area contributed by atoms with Crippen molar-refractivity contribution in [3.63, 3.8) is 0 Å². The van der Waals surface area contributed by atoms with E-state index in [2.05, 4.69) is 47.9 Å². The molecule has 0 spiro atoms. The van der Waals surface area contributed by atoms with Gasteiger partial charge in [-0.05, 0) is 89.3 Å². The Morgan fingerprint density at radius 2 is 0.915 bits per heavy atom. The molecule has 2 unspecified atom stereocenters. The van der Waals surface area contributed by atoms with Gasteiger partial charge in [-0.25, -0.2) is 0 Å². The number of methoxy groups -OCH3 is 1. The Hall–Kier alpha value is -4.26. The average Bonchev–Trinajstić information content (AvgIpc) is 3.10. The molecule has 0 saturated heterocycles. The second-order valence-electron chi connectivity index (χ2n) is 12.7. The zero-order valence-electron chi connectivity index (χ0n) is 29.8. The van der Waals surface area contributed by atoms with E-state index in [0.29, 0.717) is 12.8 Å². The van der Waals surface area contributed by atoms with Crippen LogP contribution in [0.15, 0.2) is 109 Å². The van der Waals surface area contributed by atoms with Gasteiger partial charge in [0.2, 0.25) is 0 Å². The fourth-order valence-electron chi connectivity index (χ4n) is 6.13. The van der Waals surface area contributed by atoms with Crippen LogP contribution in [0.3, 0.4) is 0 Å². The average molecular weight is 636 g/mol. The summed E-state index contributed by atoms with van der Waals surface area (Å²) < 4.78 is 5.21. The van der Waals surface area contributed by atoms with Crippen LogP contribution in [-0.4, -0.2) is 81.8 Å². The standard InChI is InChI=1S/C21H28N2O.C20H25NO2/c1-6-21(23(4)5,20(24)18-10-8-7-9-11-18)16-17-12-14-19(15-13-17)22(2)3;1-5-20(21(2)3,19(22)17-9-7-6-8-10-17)15-16-11-13-18(23-4)14-12-16/h7-15H,6,16H2,1-5H3;6-14H,5,15H2,1-4H3. The number of carbonyl (C=O) groups excluding carboxylic acids is 2. The molecule has 6 heteroatoms. The van der Waals surface area contributed by atoms with Crippen LogP contribution in [0.1, 0.15) is 58.5 Å². The van der Waals surface area contributed by atoms with E-state index in [-0.39, 0.29) is 11.6 Å². The fourth-order valence-corrected chi connectivity index (χ4v) is 6.13. The van der Waals surface area contributed by atoms with E-state index < -0.39 is 11.1 Å². The van der Waals surface area contributed by atoms with E-state index in [1.807, 2.05) is 132 Å². The fraction of sp³-hybridized carbons (Fsp3) is 0.366. The number of hydrogen-bond donors (Lipinski definition) is 0. The molecule has 0 aliphatic rings. The summed E-state index contributed by atoms with van der Waals surface area (Å²) in [5, 5.41) is 0. The van der Waals surface area contributed by atoms with Crippen molar-refractivity contribution in [3.8, 4) is 5.75 Å². The molecule has 0 aliphatic carbocycles.